The number of hydrogen-bond donors (Lipinski definition) is 0. The highest BCUT2D eigenvalue weighted by atomic mass is 15.0. The van der Waals surface area contributed by atoms with Gasteiger partial charge in [-0.25, -0.2) is 15.0 Å². The molecule has 2 aliphatic carbocycles. The van der Waals surface area contributed by atoms with Crippen LogP contribution in [-0.4, -0.2) is 15.0 Å². The molecule has 1 aromatic heterocycles. The number of rotatable bonds is 7. The third-order valence-electron chi connectivity index (χ3n) is 14.2. The number of benzene rings is 9. The van der Waals surface area contributed by atoms with E-state index in [0.717, 1.165) is 50.1 Å². The molecule has 1 heterocycles. The lowest BCUT2D eigenvalue weighted by Crippen LogP contribution is -2.15. The van der Waals surface area contributed by atoms with Crippen molar-refractivity contribution in [3.8, 4) is 101 Å². The number of nitrogens with zero attached hydrogens (tertiary/aromatic N) is 3. The molecule has 0 saturated heterocycles. The fourth-order valence-electron chi connectivity index (χ4n) is 10.5. The second kappa shape index (κ2) is 15.3. The van der Waals surface area contributed by atoms with Crippen LogP contribution in [0.5, 0.6) is 0 Å². The molecule has 0 unspecified atom stereocenters. The number of aromatic nitrogens is 3. The lowest BCUT2D eigenvalue weighted by atomic mass is 9.81. The van der Waals surface area contributed by atoms with Crippen LogP contribution in [0.3, 0.4) is 0 Å². The maximum atomic E-state index is 5.33. The summed E-state index contributed by atoms with van der Waals surface area (Å²) in [6.45, 7) is 9.39. The van der Waals surface area contributed by atoms with Crippen molar-refractivity contribution in [2.45, 2.75) is 38.5 Å². The molecular weight excluding hydrogens is 799 g/mol. The summed E-state index contributed by atoms with van der Waals surface area (Å²) in [4.78, 5) is 15.9. The Morgan fingerprint density at radius 3 is 0.955 bits per heavy atom. The normalized spacial score (nSPS) is 13.7. The smallest absolute Gasteiger partial charge is 0.164 e. The first-order chi connectivity index (χ1) is 32.2. The largest absolute Gasteiger partial charge is 0.208 e. The van der Waals surface area contributed by atoms with Crippen molar-refractivity contribution in [3.63, 3.8) is 0 Å². The molecule has 0 aliphatic heterocycles. The monoisotopic (exact) mass is 845 g/mol. The molecular formula is C63H47N3. The Morgan fingerprint density at radius 1 is 0.227 bits per heavy atom. The third-order valence-corrected chi connectivity index (χ3v) is 14.2. The van der Waals surface area contributed by atoms with Gasteiger partial charge in [0.2, 0.25) is 0 Å². The van der Waals surface area contributed by atoms with Crippen LogP contribution in [0, 0.1) is 0 Å². The van der Waals surface area contributed by atoms with E-state index in [-0.39, 0.29) is 10.8 Å². The molecule has 9 aromatic carbocycles. The Kier molecular flexibility index (Phi) is 9.19. The van der Waals surface area contributed by atoms with Crippen LogP contribution in [0.1, 0.15) is 49.9 Å². The summed E-state index contributed by atoms with van der Waals surface area (Å²) in [5.74, 6) is 1.88. The minimum absolute atomic E-state index is 0.132. The maximum absolute atomic E-state index is 5.33. The van der Waals surface area contributed by atoms with Crippen molar-refractivity contribution in [1.29, 1.82) is 0 Å². The summed E-state index contributed by atoms with van der Waals surface area (Å²) in [5, 5.41) is 0. The summed E-state index contributed by atoms with van der Waals surface area (Å²) in [7, 11) is 0. The predicted molar refractivity (Wildman–Crippen MR) is 273 cm³/mol. The van der Waals surface area contributed by atoms with E-state index in [0.29, 0.717) is 17.5 Å². The van der Waals surface area contributed by atoms with E-state index in [1.165, 1.54) is 55.6 Å². The first kappa shape index (κ1) is 39.6. The Morgan fingerprint density at radius 2 is 0.530 bits per heavy atom. The van der Waals surface area contributed by atoms with Crippen LogP contribution >= 0.6 is 0 Å². The van der Waals surface area contributed by atoms with Crippen molar-refractivity contribution in [1.82, 2.24) is 15.0 Å². The fourth-order valence-corrected chi connectivity index (χ4v) is 10.5. The zero-order valence-corrected chi connectivity index (χ0v) is 37.5. The molecule has 12 rings (SSSR count). The van der Waals surface area contributed by atoms with Gasteiger partial charge in [-0.05, 0) is 119 Å². The minimum atomic E-state index is -0.132. The molecule has 0 amide bonds. The lowest BCUT2D eigenvalue weighted by Gasteiger charge is -2.22. The molecule has 0 saturated carbocycles. The molecule has 0 N–H and O–H groups in total. The van der Waals surface area contributed by atoms with Gasteiger partial charge in [-0.3, -0.25) is 0 Å². The van der Waals surface area contributed by atoms with Gasteiger partial charge in [0.15, 0.2) is 17.5 Å². The maximum Gasteiger partial charge on any atom is 0.164 e. The van der Waals surface area contributed by atoms with Crippen LogP contribution in [-0.2, 0) is 10.8 Å². The van der Waals surface area contributed by atoms with Crippen molar-refractivity contribution in [2.75, 3.05) is 0 Å². The zero-order chi connectivity index (χ0) is 44.6. The van der Waals surface area contributed by atoms with Crippen molar-refractivity contribution < 1.29 is 0 Å². The van der Waals surface area contributed by atoms with Gasteiger partial charge in [-0.1, -0.05) is 210 Å². The Labute approximate surface area is 387 Å². The Bertz CT molecular complexity index is 3270. The van der Waals surface area contributed by atoms with Gasteiger partial charge >= 0.3 is 0 Å². The van der Waals surface area contributed by atoms with Crippen molar-refractivity contribution >= 4 is 0 Å². The van der Waals surface area contributed by atoms with Crippen molar-refractivity contribution in [2.24, 2.45) is 0 Å². The lowest BCUT2D eigenvalue weighted by molar-refractivity contribution is 0.660. The third kappa shape index (κ3) is 6.61. The number of hydrogen-bond acceptors (Lipinski definition) is 3. The molecule has 0 radical (unpaired) electrons. The van der Waals surface area contributed by atoms with Gasteiger partial charge in [0.1, 0.15) is 0 Å². The molecule has 3 nitrogen and oxygen atoms in total. The second-order valence-electron chi connectivity index (χ2n) is 18.9. The average Bonchev–Trinajstić information content (AvgIpc) is 3.75. The molecule has 2 aliphatic rings. The topological polar surface area (TPSA) is 38.7 Å². The minimum Gasteiger partial charge on any atom is -0.208 e. The van der Waals surface area contributed by atoms with Gasteiger partial charge in [-0.2, -0.15) is 0 Å². The molecule has 0 atom stereocenters. The summed E-state index contributed by atoms with van der Waals surface area (Å²) in [6.07, 6.45) is 0. The van der Waals surface area contributed by atoms with Crippen molar-refractivity contribution in [3.05, 3.63) is 235 Å². The average molecular weight is 846 g/mol. The first-order valence-electron chi connectivity index (χ1n) is 22.9. The highest BCUT2D eigenvalue weighted by Crippen LogP contribution is 2.51. The van der Waals surface area contributed by atoms with E-state index in [1.54, 1.807) is 0 Å². The van der Waals surface area contributed by atoms with Crippen LogP contribution in [0.15, 0.2) is 212 Å². The molecule has 0 fully saturated rings. The van der Waals surface area contributed by atoms with Crippen LogP contribution in [0.25, 0.3) is 101 Å². The van der Waals surface area contributed by atoms with Crippen LogP contribution in [0.4, 0.5) is 0 Å². The van der Waals surface area contributed by atoms with Crippen LogP contribution < -0.4 is 0 Å². The molecule has 0 spiro atoms. The highest BCUT2D eigenvalue weighted by Gasteiger charge is 2.36. The van der Waals surface area contributed by atoms with Gasteiger partial charge in [-0.15, -0.1) is 0 Å². The van der Waals surface area contributed by atoms with Gasteiger partial charge in [0.05, 0.1) is 0 Å². The Hall–Kier alpha value is -8.01. The molecule has 10 aromatic rings. The summed E-state index contributed by atoms with van der Waals surface area (Å²) in [5.41, 5.74) is 22.4. The predicted octanol–water partition coefficient (Wildman–Crippen LogP) is 16.2. The Balaban J connectivity index is 1.04. The molecule has 3 heteroatoms. The molecule has 0 bridgehead atoms. The summed E-state index contributed by atoms with van der Waals surface area (Å²) in [6, 6.07) is 76.7. The summed E-state index contributed by atoms with van der Waals surface area (Å²) >= 11 is 0. The van der Waals surface area contributed by atoms with E-state index in [1.807, 2.05) is 12.1 Å². The van der Waals surface area contributed by atoms with Gasteiger partial charge in [0, 0.05) is 27.5 Å². The first-order valence-corrected chi connectivity index (χ1v) is 22.9. The molecule has 314 valence electrons. The highest BCUT2D eigenvalue weighted by molar-refractivity contribution is 5.88. The zero-order valence-electron chi connectivity index (χ0n) is 37.5. The van der Waals surface area contributed by atoms with Crippen LogP contribution in [0.2, 0.25) is 0 Å². The van der Waals surface area contributed by atoms with E-state index in [2.05, 4.69) is 228 Å². The number of fused-ring (bicyclic) bond motifs is 6. The van der Waals surface area contributed by atoms with E-state index in [4.69, 9.17) is 15.0 Å². The quantitative estimate of drug-likeness (QED) is 0.160. The molecule has 66 heavy (non-hydrogen) atoms. The van der Waals surface area contributed by atoms with E-state index < -0.39 is 0 Å². The standard InChI is InChI=1S/C63H47N3/c1-62(2)55-21-13-11-19-51(55)53-33-31-46(38-57(53)62)48-35-49(47-32-34-54-52-20-12-14-22-56(52)63(3,4)58(54)39-47)37-50(36-48)61-65-59(44-27-23-42(24-28-44)40-15-7-5-8-16-40)64-60(66-61)45-29-25-43(26-30-45)41-17-9-6-10-18-41/h5-39H,1-4H3. The SMILES string of the molecule is CC1(C)c2ccccc2-c2ccc(-c3cc(-c4ccc5c(c4)C(C)(C)c4ccccc4-5)cc(-c4nc(-c5ccc(-c6ccccc6)cc5)nc(-c5ccc(-c6ccccc6)cc5)n4)c3)cc21. The van der Waals surface area contributed by atoms with E-state index >= 15 is 0 Å². The van der Waals surface area contributed by atoms with E-state index in [9.17, 15) is 0 Å². The van der Waals surface area contributed by atoms with Gasteiger partial charge < -0.3 is 0 Å². The second-order valence-corrected chi connectivity index (χ2v) is 18.9. The van der Waals surface area contributed by atoms with Gasteiger partial charge in [0.25, 0.3) is 0 Å². The summed E-state index contributed by atoms with van der Waals surface area (Å²) < 4.78 is 0. The fraction of sp³-hybridized carbons (Fsp3) is 0.0952.